The van der Waals surface area contributed by atoms with Crippen LogP contribution in [0.5, 0.6) is 5.75 Å². The van der Waals surface area contributed by atoms with E-state index < -0.39 is 0 Å². The number of benzene rings is 2. The largest absolute Gasteiger partial charge is 0.507 e. The summed E-state index contributed by atoms with van der Waals surface area (Å²) < 4.78 is 0. The van der Waals surface area contributed by atoms with Gasteiger partial charge in [0.25, 0.3) is 0 Å². The molecule has 3 rings (SSSR count). The lowest BCUT2D eigenvalue weighted by molar-refractivity contribution is 0.437. The molecule has 0 fully saturated rings. The monoisotopic (exact) mass is 334 g/mol. The Morgan fingerprint density at radius 1 is 0.920 bits per heavy atom. The van der Waals surface area contributed by atoms with Crippen LogP contribution in [0.3, 0.4) is 0 Å². The minimum absolute atomic E-state index is 0.0614. The van der Waals surface area contributed by atoms with Gasteiger partial charge in [-0.3, -0.25) is 0 Å². The molecule has 0 heterocycles. The van der Waals surface area contributed by atoms with Crippen LogP contribution in [0.15, 0.2) is 42.5 Å². The zero-order chi connectivity index (χ0) is 18.4. The molecule has 1 unspecified atom stereocenters. The summed E-state index contributed by atoms with van der Waals surface area (Å²) in [7, 11) is 0. The Kier molecular flexibility index (Phi) is 4.31. The van der Waals surface area contributed by atoms with Crippen molar-refractivity contribution in [3.8, 4) is 5.75 Å². The fourth-order valence-electron chi connectivity index (χ4n) is 3.59. The van der Waals surface area contributed by atoms with Crippen LogP contribution in [0.2, 0.25) is 0 Å². The number of fused-ring (bicyclic) bond motifs is 1. The van der Waals surface area contributed by atoms with Gasteiger partial charge in [-0.2, -0.15) is 0 Å². The molecule has 0 saturated heterocycles. The molecule has 1 aliphatic carbocycles. The van der Waals surface area contributed by atoms with Gasteiger partial charge in [-0.1, -0.05) is 90.1 Å². The zero-order valence-electron chi connectivity index (χ0n) is 16.4. The summed E-state index contributed by atoms with van der Waals surface area (Å²) in [6, 6.07) is 13.0. The number of phenols is 1. The first kappa shape index (κ1) is 17.8. The molecule has 0 amide bonds. The molecule has 0 bridgehead atoms. The van der Waals surface area contributed by atoms with Gasteiger partial charge in [0.15, 0.2) is 0 Å². The Labute approximate surface area is 152 Å². The summed E-state index contributed by atoms with van der Waals surface area (Å²) in [6.45, 7) is 13.2. The summed E-state index contributed by atoms with van der Waals surface area (Å²) in [6.07, 6.45) is 5.31. The van der Waals surface area contributed by atoms with Crippen LogP contribution in [-0.4, -0.2) is 5.11 Å². The lowest BCUT2D eigenvalue weighted by Gasteiger charge is -2.28. The maximum absolute atomic E-state index is 11.0. The van der Waals surface area contributed by atoms with Crippen molar-refractivity contribution in [1.29, 1.82) is 0 Å². The molecule has 0 spiro atoms. The van der Waals surface area contributed by atoms with Crippen molar-refractivity contribution in [2.45, 2.75) is 64.7 Å². The van der Waals surface area contributed by atoms with Gasteiger partial charge in [-0.05, 0) is 45.1 Å². The van der Waals surface area contributed by atoms with E-state index in [9.17, 15) is 5.11 Å². The van der Waals surface area contributed by atoms with Gasteiger partial charge in [0.05, 0.1) is 0 Å². The minimum atomic E-state index is -0.0798. The quantitative estimate of drug-likeness (QED) is 0.679. The van der Waals surface area contributed by atoms with E-state index in [1.807, 2.05) is 0 Å². The molecule has 1 N–H and O–H groups in total. The first-order valence-corrected chi connectivity index (χ1v) is 9.21. The zero-order valence-corrected chi connectivity index (χ0v) is 16.4. The van der Waals surface area contributed by atoms with Crippen molar-refractivity contribution in [2.75, 3.05) is 0 Å². The maximum Gasteiger partial charge on any atom is 0.122 e. The van der Waals surface area contributed by atoms with E-state index in [-0.39, 0.29) is 10.8 Å². The highest BCUT2D eigenvalue weighted by Crippen LogP contribution is 2.41. The Morgan fingerprint density at radius 2 is 1.60 bits per heavy atom. The standard InChI is InChI=1S/C24H30O/c1-23(2,3)19-14-18(22(25)21(15-19)24(4,5)6)13-17-12-11-16-9-7-8-10-20(16)17/h7-12,14-15,17,25H,13H2,1-6H3. The highest BCUT2D eigenvalue weighted by atomic mass is 16.3. The minimum Gasteiger partial charge on any atom is -0.507 e. The van der Waals surface area contributed by atoms with E-state index in [4.69, 9.17) is 0 Å². The van der Waals surface area contributed by atoms with Crippen molar-refractivity contribution in [1.82, 2.24) is 0 Å². The number of allylic oxidation sites excluding steroid dienone is 1. The normalized spacial score (nSPS) is 17.0. The summed E-state index contributed by atoms with van der Waals surface area (Å²) >= 11 is 0. The van der Waals surface area contributed by atoms with Crippen molar-refractivity contribution in [3.63, 3.8) is 0 Å². The molecule has 2 aromatic rings. The molecular formula is C24H30O. The van der Waals surface area contributed by atoms with Crippen LogP contribution in [0.25, 0.3) is 6.08 Å². The van der Waals surface area contributed by atoms with E-state index in [0.717, 1.165) is 17.5 Å². The van der Waals surface area contributed by atoms with E-state index in [1.54, 1.807) is 0 Å². The molecule has 0 radical (unpaired) electrons. The van der Waals surface area contributed by atoms with Crippen LogP contribution in [0.4, 0.5) is 0 Å². The summed E-state index contributed by atoms with van der Waals surface area (Å²) in [5.41, 5.74) is 6.04. The van der Waals surface area contributed by atoms with Gasteiger partial charge >= 0.3 is 0 Å². The number of hydrogen-bond acceptors (Lipinski definition) is 1. The number of rotatable bonds is 2. The third kappa shape index (κ3) is 3.51. The van der Waals surface area contributed by atoms with Gasteiger partial charge in [-0.25, -0.2) is 0 Å². The second kappa shape index (κ2) is 6.05. The Balaban J connectivity index is 2.06. The van der Waals surface area contributed by atoms with Gasteiger partial charge in [-0.15, -0.1) is 0 Å². The third-order valence-corrected chi connectivity index (χ3v) is 5.21. The average Bonchev–Trinajstić information content (AvgIpc) is 2.90. The van der Waals surface area contributed by atoms with Crippen LogP contribution in [0, 0.1) is 0 Å². The average molecular weight is 335 g/mol. The van der Waals surface area contributed by atoms with Crippen LogP contribution in [-0.2, 0) is 17.3 Å². The number of aromatic hydroxyl groups is 1. The Bertz CT molecular complexity index is 813. The van der Waals surface area contributed by atoms with Crippen molar-refractivity contribution in [2.24, 2.45) is 0 Å². The van der Waals surface area contributed by atoms with Crippen LogP contribution >= 0.6 is 0 Å². The maximum atomic E-state index is 11.0. The smallest absolute Gasteiger partial charge is 0.122 e. The topological polar surface area (TPSA) is 20.2 Å². The second-order valence-corrected chi connectivity index (χ2v) is 9.33. The molecular weight excluding hydrogens is 304 g/mol. The van der Waals surface area contributed by atoms with E-state index in [0.29, 0.717) is 11.7 Å². The summed E-state index contributed by atoms with van der Waals surface area (Å²) in [4.78, 5) is 0. The van der Waals surface area contributed by atoms with Crippen LogP contribution in [0.1, 0.15) is 75.3 Å². The first-order chi connectivity index (χ1) is 11.6. The van der Waals surface area contributed by atoms with E-state index >= 15 is 0 Å². The molecule has 1 aliphatic rings. The lowest BCUT2D eigenvalue weighted by Crippen LogP contribution is -2.18. The Hall–Kier alpha value is -2.02. The predicted octanol–water partition coefficient (Wildman–Crippen LogP) is 6.34. The molecule has 1 atom stereocenters. The van der Waals surface area contributed by atoms with E-state index in [2.05, 4.69) is 90.1 Å². The van der Waals surface area contributed by atoms with Crippen molar-refractivity contribution >= 4 is 6.08 Å². The van der Waals surface area contributed by atoms with Gasteiger partial charge in [0.2, 0.25) is 0 Å². The van der Waals surface area contributed by atoms with Crippen molar-refractivity contribution in [3.05, 3.63) is 70.3 Å². The fraction of sp³-hybridized carbons (Fsp3) is 0.417. The highest BCUT2D eigenvalue weighted by Gasteiger charge is 2.26. The third-order valence-electron chi connectivity index (χ3n) is 5.21. The molecule has 1 nitrogen and oxygen atoms in total. The lowest BCUT2D eigenvalue weighted by atomic mass is 9.77. The fourth-order valence-corrected chi connectivity index (χ4v) is 3.59. The summed E-state index contributed by atoms with van der Waals surface area (Å²) in [5.74, 6) is 0.809. The Morgan fingerprint density at radius 3 is 2.24 bits per heavy atom. The summed E-state index contributed by atoms with van der Waals surface area (Å²) in [5, 5.41) is 11.0. The number of phenolic OH excluding ortho intramolecular Hbond substituents is 1. The molecule has 25 heavy (non-hydrogen) atoms. The van der Waals surface area contributed by atoms with Crippen LogP contribution < -0.4 is 0 Å². The van der Waals surface area contributed by atoms with Gasteiger partial charge in [0.1, 0.15) is 5.75 Å². The SMILES string of the molecule is CC(C)(C)c1cc(CC2C=Cc3ccccc32)c(O)c(C(C)(C)C)c1. The van der Waals surface area contributed by atoms with Crippen molar-refractivity contribution < 1.29 is 5.11 Å². The highest BCUT2D eigenvalue weighted by molar-refractivity contribution is 5.63. The molecule has 0 saturated carbocycles. The molecule has 2 aromatic carbocycles. The van der Waals surface area contributed by atoms with Gasteiger partial charge in [0, 0.05) is 5.92 Å². The predicted molar refractivity (Wildman–Crippen MR) is 107 cm³/mol. The molecule has 0 aliphatic heterocycles. The number of hydrogen-bond donors (Lipinski definition) is 1. The van der Waals surface area contributed by atoms with E-state index in [1.165, 1.54) is 16.7 Å². The van der Waals surface area contributed by atoms with Gasteiger partial charge < -0.3 is 5.11 Å². The molecule has 0 aromatic heterocycles. The second-order valence-electron chi connectivity index (χ2n) is 9.33. The molecule has 1 heteroatoms. The first-order valence-electron chi connectivity index (χ1n) is 9.21. The molecule has 132 valence electrons.